The van der Waals surface area contributed by atoms with E-state index in [2.05, 4.69) is 42.2 Å². The van der Waals surface area contributed by atoms with Gasteiger partial charge in [0.2, 0.25) is 0 Å². The van der Waals surface area contributed by atoms with E-state index < -0.39 is 0 Å². The highest BCUT2D eigenvalue weighted by molar-refractivity contribution is 5.62. The Hall–Kier alpha value is -3.58. The lowest BCUT2D eigenvalue weighted by atomic mass is 10.0. The Labute approximate surface area is 167 Å². The topological polar surface area (TPSA) is 90.6 Å². The third-order valence-electron chi connectivity index (χ3n) is 5.23. The van der Waals surface area contributed by atoms with Crippen molar-refractivity contribution in [2.45, 2.75) is 19.5 Å². The van der Waals surface area contributed by atoms with Crippen LogP contribution in [0.5, 0.6) is 0 Å². The van der Waals surface area contributed by atoms with Crippen molar-refractivity contribution >= 4 is 0 Å². The van der Waals surface area contributed by atoms with Crippen LogP contribution in [0.3, 0.4) is 0 Å². The maximum absolute atomic E-state index is 12.7. The van der Waals surface area contributed by atoms with Gasteiger partial charge in [-0.15, -0.1) is 0 Å². The lowest BCUT2D eigenvalue weighted by Gasteiger charge is -2.27. The molecule has 0 fully saturated rings. The molecule has 144 valence electrons. The second kappa shape index (κ2) is 7.44. The van der Waals surface area contributed by atoms with E-state index in [4.69, 9.17) is 0 Å². The predicted molar refractivity (Wildman–Crippen MR) is 110 cm³/mol. The molecule has 0 aliphatic carbocycles. The van der Waals surface area contributed by atoms with Gasteiger partial charge in [-0.25, -0.2) is 4.98 Å². The Morgan fingerprint density at radius 1 is 1.07 bits per heavy atom. The zero-order valence-electron chi connectivity index (χ0n) is 15.8. The van der Waals surface area contributed by atoms with Gasteiger partial charge in [0.05, 0.1) is 23.1 Å². The summed E-state index contributed by atoms with van der Waals surface area (Å²) in [5.74, 6) is 0.531. The summed E-state index contributed by atoms with van der Waals surface area (Å²) in [6, 6.07) is 15.7. The van der Waals surface area contributed by atoms with E-state index in [1.807, 2.05) is 42.6 Å². The first-order valence-corrected chi connectivity index (χ1v) is 9.61. The smallest absolute Gasteiger partial charge is 0.255 e. The molecule has 0 atom stereocenters. The number of fused-ring (bicyclic) bond motifs is 1. The van der Waals surface area contributed by atoms with E-state index in [1.165, 1.54) is 0 Å². The van der Waals surface area contributed by atoms with Crippen LogP contribution >= 0.6 is 0 Å². The van der Waals surface area contributed by atoms with Gasteiger partial charge >= 0.3 is 0 Å². The van der Waals surface area contributed by atoms with Crippen LogP contribution in [0.1, 0.15) is 16.8 Å². The molecular weight excluding hydrogens is 364 g/mol. The van der Waals surface area contributed by atoms with Crippen LogP contribution in [0.15, 0.2) is 65.7 Å². The highest BCUT2D eigenvalue weighted by atomic mass is 16.1. The number of hydrogen-bond acceptors (Lipinski definition) is 5. The molecule has 29 heavy (non-hydrogen) atoms. The molecule has 0 unspecified atom stereocenters. The predicted octanol–water partition coefficient (Wildman–Crippen LogP) is 2.78. The lowest BCUT2D eigenvalue weighted by molar-refractivity contribution is 0.242. The first-order chi connectivity index (χ1) is 14.3. The molecule has 1 aliphatic heterocycles. The minimum Gasteiger partial charge on any atom is -0.305 e. The van der Waals surface area contributed by atoms with Crippen molar-refractivity contribution in [1.29, 1.82) is 0 Å². The molecule has 7 nitrogen and oxygen atoms in total. The van der Waals surface area contributed by atoms with E-state index in [0.29, 0.717) is 18.1 Å². The van der Waals surface area contributed by atoms with Gasteiger partial charge in [0.25, 0.3) is 5.56 Å². The van der Waals surface area contributed by atoms with Gasteiger partial charge in [-0.2, -0.15) is 5.10 Å². The lowest BCUT2D eigenvalue weighted by Crippen LogP contribution is -2.35. The quantitative estimate of drug-likeness (QED) is 0.565. The number of rotatable bonds is 4. The summed E-state index contributed by atoms with van der Waals surface area (Å²) >= 11 is 0. The Morgan fingerprint density at radius 3 is 2.76 bits per heavy atom. The summed E-state index contributed by atoms with van der Waals surface area (Å²) in [7, 11) is 0. The summed E-state index contributed by atoms with van der Waals surface area (Å²) in [5.41, 5.74) is 5.44. The molecule has 7 heteroatoms. The fourth-order valence-corrected chi connectivity index (χ4v) is 3.77. The summed E-state index contributed by atoms with van der Waals surface area (Å²) in [4.78, 5) is 26.8. The monoisotopic (exact) mass is 384 g/mol. The fourth-order valence-electron chi connectivity index (χ4n) is 3.77. The Balaban J connectivity index is 1.39. The molecule has 2 N–H and O–H groups in total. The second-order valence-corrected chi connectivity index (χ2v) is 7.15. The van der Waals surface area contributed by atoms with Crippen LogP contribution in [0, 0.1) is 0 Å². The van der Waals surface area contributed by atoms with Gasteiger partial charge in [-0.3, -0.25) is 19.8 Å². The first-order valence-electron chi connectivity index (χ1n) is 9.61. The number of H-pyrrole nitrogens is 2. The molecule has 4 aromatic rings. The van der Waals surface area contributed by atoms with Crippen LogP contribution in [-0.2, 0) is 19.5 Å². The molecule has 0 radical (unpaired) electrons. The Morgan fingerprint density at radius 2 is 1.93 bits per heavy atom. The van der Waals surface area contributed by atoms with Crippen molar-refractivity contribution < 1.29 is 0 Å². The average molecular weight is 384 g/mol. The van der Waals surface area contributed by atoms with Gasteiger partial charge in [-0.1, -0.05) is 36.4 Å². The average Bonchev–Trinajstić information content (AvgIpc) is 3.23. The van der Waals surface area contributed by atoms with Crippen LogP contribution < -0.4 is 5.56 Å². The largest absolute Gasteiger partial charge is 0.305 e. The maximum Gasteiger partial charge on any atom is 0.255 e. The zero-order chi connectivity index (χ0) is 19.6. The maximum atomic E-state index is 12.7. The summed E-state index contributed by atoms with van der Waals surface area (Å²) in [5, 5.41) is 7.34. The van der Waals surface area contributed by atoms with Gasteiger partial charge in [0.1, 0.15) is 5.69 Å². The SMILES string of the molecule is O=c1[nH]c(-c2ccccn2)nc2c1CN(Cc1cn[nH]c1-c1ccccc1)CC2. The van der Waals surface area contributed by atoms with Crippen molar-refractivity contribution in [1.82, 2.24) is 30.0 Å². The summed E-state index contributed by atoms with van der Waals surface area (Å²) < 4.78 is 0. The summed E-state index contributed by atoms with van der Waals surface area (Å²) in [6.07, 6.45) is 4.30. The molecule has 1 aromatic carbocycles. The van der Waals surface area contributed by atoms with Gasteiger partial charge in [0, 0.05) is 37.8 Å². The number of hydrogen-bond donors (Lipinski definition) is 2. The molecule has 4 heterocycles. The van der Waals surface area contributed by atoms with Crippen molar-refractivity contribution in [3.05, 3.63) is 88.1 Å². The zero-order valence-corrected chi connectivity index (χ0v) is 15.8. The van der Waals surface area contributed by atoms with Crippen molar-refractivity contribution in [3.8, 4) is 22.8 Å². The number of pyridine rings is 1. The molecule has 3 aromatic heterocycles. The van der Waals surface area contributed by atoms with Gasteiger partial charge in [-0.05, 0) is 17.7 Å². The second-order valence-electron chi connectivity index (χ2n) is 7.15. The molecule has 5 rings (SSSR count). The number of benzene rings is 1. The molecule has 0 bridgehead atoms. The third-order valence-corrected chi connectivity index (χ3v) is 5.23. The van der Waals surface area contributed by atoms with Crippen LogP contribution in [-0.4, -0.2) is 36.6 Å². The van der Waals surface area contributed by atoms with Crippen molar-refractivity contribution in [2.24, 2.45) is 0 Å². The van der Waals surface area contributed by atoms with Gasteiger partial charge in [0.15, 0.2) is 5.82 Å². The molecular formula is C22H20N6O. The van der Waals surface area contributed by atoms with Crippen LogP contribution in [0.2, 0.25) is 0 Å². The minimum atomic E-state index is -0.0872. The molecule has 0 amide bonds. The van der Waals surface area contributed by atoms with E-state index in [0.717, 1.165) is 47.6 Å². The van der Waals surface area contributed by atoms with Crippen LogP contribution in [0.4, 0.5) is 0 Å². The van der Waals surface area contributed by atoms with E-state index in [1.54, 1.807) is 6.20 Å². The molecule has 0 saturated heterocycles. The number of nitrogens with one attached hydrogen (secondary N) is 2. The highest BCUT2D eigenvalue weighted by Gasteiger charge is 2.23. The fraction of sp³-hybridized carbons (Fsp3) is 0.182. The molecule has 0 saturated carbocycles. The van der Waals surface area contributed by atoms with Crippen molar-refractivity contribution in [3.63, 3.8) is 0 Å². The normalized spacial score (nSPS) is 13.9. The third kappa shape index (κ3) is 3.48. The number of aromatic amines is 2. The van der Waals surface area contributed by atoms with E-state index in [9.17, 15) is 4.79 Å². The minimum absolute atomic E-state index is 0.0872. The first kappa shape index (κ1) is 17.5. The molecule has 1 aliphatic rings. The molecule has 0 spiro atoms. The van der Waals surface area contributed by atoms with Crippen LogP contribution in [0.25, 0.3) is 22.8 Å². The number of nitrogens with zero attached hydrogens (tertiary/aromatic N) is 4. The summed E-state index contributed by atoms with van der Waals surface area (Å²) in [6.45, 7) is 2.13. The van der Waals surface area contributed by atoms with Crippen molar-refractivity contribution in [2.75, 3.05) is 6.54 Å². The van der Waals surface area contributed by atoms with E-state index in [-0.39, 0.29) is 5.56 Å². The highest BCUT2D eigenvalue weighted by Crippen LogP contribution is 2.24. The van der Waals surface area contributed by atoms with Gasteiger partial charge < -0.3 is 4.98 Å². The van der Waals surface area contributed by atoms with E-state index >= 15 is 0 Å². The standard InChI is InChI=1S/C22H20N6O/c29-22-17-14-28(13-16-12-24-27-20(16)15-6-2-1-3-7-15)11-9-18(17)25-21(26-22)19-8-4-5-10-23-19/h1-8,10,12H,9,11,13-14H2,(H,24,27)(H,25,26,29). The Bertz CT molecular complexity index is 1180. The number of aromatic nitrogens is 5. The Kier molecular flexibility index (Phi) is 4.50.